The van der Waals surface area contributed by atoms with Crippen molar-refractivity contribution in [1.29, 1.82) is 0 Å². The van der Waals surface area contributed by atoms with E-state index in [1.807, 2.05) is 47.9 Å². The Hall–Kier alpha value is -2.44. The van der Waals surface area contributed by atoms with Gasteiger partial charge < -0.3 is 47.8 Å². The summed E-state index contributed by atoms with van der Waals surface area (Å²) in [6.07, 6.45) is -2.66. The van der Waals surface area contributed by atoms with Crippen molar-refractivity contribution in [1.82, 2.24) is 14.9 Å². The highest BCUT2D eigenvalue weighted by molar-refractivity contribution is 5.99. The van der Waals surface area contributed by atoms with Gasteiger partial charge in [-0.1, -0.05) is 19.9 Å². The van der Waals surface area contributed by atoms with Gasteiger partial charge in [-0.2, -0.15) is 13.2 Å². The summed E-state index contributed by atoms with van der Waals surface area (Å²) in [6, 6.07) is 0.248. The molecule has 1 aromatic heterocycles. The largest absolute Gasteiger partial charge is 0.462 e. The number of H-pyrrole nitrogens is 1. The van der Waals surface area contributed by atoms with E-state index in [1.165, 1.54) is 0 Å². The maximum absolute atomic E-state index is 14.9. The summed E-state index contributed by atoms with van der Waals surface area (Å²) in [7, 11) is 8.77. The van der Waals surface area contributed by atoms with Crippen molar-refractivity contribution in [3.63, 3.8) is 0 Å². The number of halogens is 3. The highest BCUT2D eigenvalue weighted by Gasteiger charge is 2.58. The number of fused-ring (bicyclic) bond motifs is 8. The topological polar surface area (TPSA) is 140 Å². The molecule has 1 N–H and O–H groups in total. The molecule has 17 atom stereocenters. The van der Waals surface area contributed by atoms with Gasteiger partial charge in [-0.05, 0) is 96.7 Å². The van der Waals surface area contributed by atoms with Crippen LogP contribution in [-0.2, 0) is 53.7 Å². The highest BCUT2D eigenvalue weighted by atomic mass is 19.4. The number of methoxy groups -OCH3 is 3. The molecule has 6 aliphatic rings. The predicted octanol–water partition coefficient (Wildman–Crippen LogP) is 6.31. The van der Waals surface area contributed by atoms with Gasteiger partial charge >= 0.3 is 12.1 Å². The summed E-state index contributed by atoms with van der Waals surface area (Å²) in [6.45, 7) is 7.74. The van der Waals surface area contributed by atoms with Crippen LogP contribution in [-0.4, -0.2) is 129 Å². The SMILES string of the molecule is CC[C@H]1CCC[C@H](O[C@H]2CC[C@H](N(C)C)C(C)O2)[C@@H](C)C(=O)C2=C[C@H]3[C@@H]4C[C@H](O[C@@H]5OC(C)[C@H](OC)C(OC)C5OC)C[C@H]4c4[nH]c(C(F)(F)F)nc4[C@H]3[C@@H]2CC(=O)O1. The standard InChI is InChI=1S/C43H64F3N3O10/c1-10-23-12-11-13-31(59-33-15-14-30(49(5)6)21(3)55-33)20(2)37(51)29-18-26-25-16-24(58-41-40(54-9)39(53-8)38(52-7)22(4)56-41)17-28(25)35-36(48-42(47-35)43(44,45)46)34(26)27(29)19-32(50)57-23/h18,20-28,30-31,33-34,38-41H,10-17,19H2,1-9H3,(H,47,48)/t20-,21?,22?,23+,24+,25+,26+,27-,28-,30+,31+,33+,34-,38+,39?,40?,41+/m1/s1. The fourth-order valence-electron chi connectivity index (χ4n) is 11.3. The molecule has 0 amide bonds. The predicted molar refractivity (Wildman–Crippen MR) is 207 cm³/mol. The van der Waals surface area contributed by atoms with Crippen LogP contribution in [0.25, 0.3) is 0 Å². The third-order valence-electron chi connectivity index (χ3n) is 14.3. The smallest absolute Gasteiger partial charge is 0.449 e. The minimum Gasteiger partial charge on any atom is -0.462 e. The summed E-state index contributed by atoms with van der Waals surface area (Å²) in [5.41, 5.74) is 1.06. The number of ketones is 1. The van der Waals surface area contributed by atoms with Crippen molar-refractivity contribution in [2.75, 3.05) is 35.4 Å². The van der Waals surface area contributed by atoms with Gasteiger partial charge in [-0.15, -0.1) is 0 Å². The van der Waals surface area contributed by atoms with Crippen LogP contribution in [0.4, 0.5) is 13.2 Å². The molecule has 59 heavy (non-hydrogen) atoms. The van der Waals surface area contributed by atoms with E-state index in [0.29, 0.717) is 56.2 Å². The van der Waals surface area contributed by atoms with Crippen LogP contribution in [0.2, 0.25) is 0 Å². The quantitative estimate of drug-likeness (QED) is 0.279. The molecule has 16 heteroatoms. The van der Waals surface area contributed by atoms with E-state index in [4.69, 9.17) is 37.9 Å². The van der Waals surface area contributed by atoms with Crippen molar-refractivity contribution in [3.05, 3.63) is 28.9 Å². The lowest BCUT2D eigenvalue weighted by molar-refractivity contribution is -0.314. The summed E-state index contributed by atoms with van der Waals surface area (Å²) in [5.74, 6) is -4.75. The number of hydrogen-bond acceptors (Lipinski definition) is 12. The van der Waals surface area contributed by atoms with E-state index in [-0.39, 0.29) is 53.9 Å². The number of nitrogens with one attached hydrogen (secondary N) is 1. The Kier molecular flexibility index (Phi) is 13.7. The number of rotatable bonds is 9. The molecule has 1 aromatic rings. The van der Waals surface area contributed by atoms with Gasteiger partial charge in [0.25, 0.3) is 0 Å². The Bertz CT molecular complexity index is 1670. The summed E-state index contributed by atoms with van der Waals surface area (Å²) < 4.78 is 92.7. The van der Waals surface area contributed by atoms with Gasteiger partial charge in [-0.3, -0.25) is 9.59 Å². The first-order chi connectivity index (χ1) is 28.1. The third kappa shape index (κ3) is 8.80. The lowest BCUT2D eigenvalue weighted by Gasteiger charge is -2.44. The van der Waals surface area contributed by atoms with Crippen LogP contribution < -0.4 is 0 Å². The fourth-order valence-corrected chi connectivity index (χ4v) is 11.3. The Morgan fingerprint density at radius 3 is 2.27 bits per heavy atom. The first-order valence-corrected chi connectivity index (χ1v) is 21.6. The first-order valence-electron chi connectivity index (χ1n) is 21.6. The second kappa shape index (κ2) is 18.1. The number of carbonyl (C=O) groups is 2. The van der Waals surface area contributed by atoms with Gasteiger partial charge in [0.15, 0.2) is 18.4 Å². The van der Waals surface area contributed by atoms with Crippen LogP contribution >= 0.6 is 0 Å². The number of aromatic nitrogens is 2. The number of carbonyl (C=O) groups excluding carboxylic acids is 2. The minimum atomic E-state index is -4.74. The number of aromatic amines is 1. The lowest BCUT2D eigenvalue weighted by Crippen LogP contribution is -2.59. The third-order valence-corrected chi connectivity index (χ3v) is 14.3. The average Bonchev–Trinajstić information content (AvgIpc) is 3.91. The molecule has 4 heterocycles. The van der Waals surface area contributed by atoms with Crippen molar-refractivity contribution < 1.29 is 60.7 Å². The van der Waals surface area contributed by atoms with Gasteiger partial charge in [0, 0.05) is 56.7 Å². The van der Waals surface area contributed by atoms with E-state index >= 15 is 0 Å². The summed E-state index contributed by atoms with van der Waals surface area (Å²) in [4.78, 5) is 37.8. The van der Waals surface area contributed by atoms with Crippen molar-refractivity contribution in [2.45, 2.75) is 171 Å². The summed E-state index contributed by atoms with van der Waals surface area (Å²) >= 11 is 0. The second-order valence-electron chi connectivity index (χ2n) is 17.9. The second-order valence-corrected chi connectivity index (χ2v) is 17.9. The number of allylic oxidation sites excluding steroid dienone is 2. The molecule has 3 aliphatic carbocycles. The van der Waals surface area contributed by atoms with Crippen molar-refractivity contribution >= 4 is 11.8 Å². The minimum absolute atomic E-state index is 0.0659. The highest BCUT2D eigenvalue weighted by Crippen LogP contribution is 2.61. The van der Waals surface area contributed by atoms with Crippen LogP contribution in [0.5, 0.6) is 0 Å². The van der Waals surface area contributed by atoms with E-state index in [1.54, 1.807) is 21.3 Å². The average molecular weight is 840 g/mol. The Labute approximate surface area is 345 Å². The van der Waals surface area contributed by atoms with Gasteiger partial charge in [0.05, 0.1) is 36.5 Å². The number of ether oxygens (including phenoxy) is 8. The number of Topliss-reactive ketones (excluding diaryl/α,β-unsaturated/α-hetero) is 1. The molecule has 4 fully saturated rings. The molecule has 13 nitrogen and oxygen atoms in total. The molecule has 0 aromatic carbocycles. The maximum atomic E-state index is 14.9. The van der Waals surface area contributed by atoms with Crippen LogP contribution in [0.1, 0.15) is 115 Å². The van der Waals surface area contributed by atoms with Crippen molar-refractivity contribution in [2.24, 2.45) is 23.7 Å². The molecule has 0 bridgehead atoms. The zero-order valence-electron chi connectivity index (χ0n) is 35.9. The van der Waals surface area contributed by atoms with Crippen LogP contribution in [0.3, 0.4) is 0 Å². The number of imidazole rings is 1. The van der Waals surface area contributed by atoms with Gasteiger partial charge in [0.2, 0.25) is 5.82 Å². The molecule has 4 unspecified atom stereocenters. The van der Waals surface area contributed by atoms with E-state index in [9.17, 15) is 22.8 Å². The fraction of sp³-hybridized carbons (Fsp3) is 0.837. The maximum Gasteiger partial charge on any atom is 0.449 e. The number of cyclic esters (lactones) is 1. The Morgan fingerprint density at radius 1 is 0.898 bits per heavy atom. The number of alkyl halides is 3. The zero-order chi connectivity index (χ0) is 42.5. The molecule has 3 aliphatic heterocycles. The summed E-state index contributed by atoms with van der Waals surface area (Å²) in [5, 5.41) is 0. The number of hydrogen-bond donors (Lipinski definition) is 1. The molecule has 0 spiro atoms. The van der Waals surface area contributed by atoms with Gasteiger partial charge in [0.1, 0.15) is 24.4 Å². The Balaban J connectivity index is 1.22. The first kappa shape index (κ1) is 44.6. The normalized spacial score (nSPS) is 41.9. The van der Waals surface area contributed by atoms with Crippen LogP contribution in [0, 0.1) is 23.7 Å². The molecule has 0 radical (unpaired) electrons. The van der Waals surface area contributed by atoms with E-state index in [0.717, 1.165) is 6.42 Å². The zero-order valence-corrected chi connectivity index (χ0v) is 35.9. The Morgan fingerprint density at radius 2 is 1.63 bits per heavy atom. The molecular weight excluding hydrogens is 775 g/mol. The molecule has 7 rings (SSSR count). The lowest BCUT2D eigenvalue weighted by atomic mass is 9.67. The molecule has 3 saturated heterocycles. The monoisotopic (exact) mass is 839 g/mol. The number of nitrogens with zero attached hydrogens (tertiary/aromatic N) is 2. The molecule has 1 saturated carbocycles. The molecule has 332 valence electrons. The van der Waals surface area contributed by atoms with Gasteiger partial charge in [-0.25, -0.2) is 4.98 Å². The number of likely N-dealkylation sites (N-methyl/N-ethyl adjacent to an activating group) is 1. The molecular formula is C43H64F3N3O10. The van der Waals surface area contributed by atoms with E-state index in [2.05, 4.69) is 14.9 Å². The van der Waals surface area contributed by atoms with Crippen LogP contribution in [0.15, 0.2) is 11.6 Å². The number of esters is 1. The van der Waals surface area contributed by atoms with E-state index < -0.39 is 84.9 Å². The van der Waals surface area contributed by atoms with Crippen molar-refractivity contribution in [3.8, 4) is 0 Å².